The molecule has 1 N–H and O–H groups in total. The average molecular weight is 342 g/mol. The SMILES string of the molecule is CCC=CC[C@H]1O[C@@H]1C=CC=CC=CCC=CCC=CCCC(=O)O. The van der Waals surface area contributed by atoms with Crippen LogP contribution in [0.15, 0.2) is 72.9 Å². The maximum atomic E-state index is 10.3. The summed E-state index contributed by atoms with van der Waals surface area (Å²) < 4.78 is 5.55. The normalized spacial score (nSPS) is 21.2. The van der Waals surface area contributed by atoms with E-state index in [0.29, 0.717) is 12.5 Å². The minimum atomic E-state index is -0.748. The van der Waals surface area contributed by atoms with Crippen LogP contribution in [0, 0.1) is 0 Å². The van der Waals surface area contributed by atoms with Crippen molar-refractivity contribution < 1.29 is 14.6 Å². The lowest BCUT2D eigenvalue weighted by atomic mass is 10.2. The number of rotatable bonds is 13. The molecule has 0 aromatic heterocycles. The Morgan fingerprint density at radius 3 is 2.40 bits per heavy atom. The molecular formula is C22H30O3. The second kappa shape index (κ2) is 14.2. The number of hydrogen-bond donors (Lipinski definition) is 1. The van der Waals surface area contributed by atoms with Crippen LogP contribution in [0.4, 0.5) is 0 Å². The predicted octanol–water partition coefficient (Wildman–Crippen LogP) is 5.54. The van der Waals surface area contributed by atoms with Gasteiger partial charge in [-0.05, 0) is 32.1 Å². The highest BCUT2D eigenvalue weighted by Crippen LogP contribution is 2.26. The summed E-state index contributed by atoms with van der Waals surface area (Å²) in [4.78, 5) is 10.3. The molecule has 0 unspecified atom stereocenters. The molecule has 1 fully saturated rings. The van der Waals surface area contributed by atoms with Crippen molar-refractivity contribution in [1.29, 1.82) is 0 Å². The van der Waals surface area contributed by atoms with Crippen LogP contribution in [0.3, 0.4) is 0 Å². The monoisotopic (exact) mass is 342 g/mol. The smallest absolute Gasteiger partial charge is 0.303 e. The van der Waals surface area contributed by atoms with Crippen molar-refractivity contribution in [3.8, 4) is 0 Å². The number of carboxylic acid groups (broad SMARTS) is 1. The third kappa shape index (κ3) is 12.9. The minimum Gasteiger partial charge on any atom is -0.481 e. The molecule has 0 bridgehead atoms. The zero-order chi connectivity index (χ0) is 18.2. The quantitative estimate of drug-likeness (QED) is 0.272. The van der Waals surface area contributed by atoms with Crippen LogP contribution >= 0.6 is 0 Å². The van der Waals surface area contributed by atoms with E-state index < -0.39 is 5.97 Å². The number of allylic oxidation sites excluding steroid dienone is 10. The minimum absolute atomic E-state index is 0.202. The number of carbonyl (C=O) groups is 1. The summed E-state index contributed by atoms with van der Waals surface area (Å²) >= 11 is 0. The Balaban J connectivity index is 2.01. The Morgan fingerprint density at radius 1 is 0.920 bits per heavy atom. The lowest BCUT2D eigenvalue weighted by Crippen LogP contribution is -1.91. The number of carboxylic acids is 1. The van der Waals surface area contributed by atoms with Crippen molar-refractivity contribution in [3.63, 3.8) is 0 Å². The van der Waals surface area contributed by atoms with E-state index in [1.54, 1.807) is 0 Å². The van der Waals surface area contributed by atoms with Gasteiger partial charge in [-0.25, -0.2) is 0 Å². The molecule has 25 heavy (non-hydrogen) atoms. The van der Waals surface area contributed by atoms with Gasteiger partial charge in [-0.3, -0.25) is 4.79 Å². The number of epoxide rings is 1. The van der Waals surface area contributed by atoms with Gasteiger partial charge in [0.15, 0.2) is 0 Å². The van der Waals surface area contributed by atoms with Gasteiger partial charge in [-0.2, -0.15) is 0 Å². The Morgan fingerprint density at radius 2 is 1.64 bits per heavy atom. The van der Waals surface area contributed by atoms with Gasteiger partial charge in [0.2, 0.25) is 0 Å². The second-order valence-corrected chi connectivity index (χ2v) is 5.80. The van der Waals surface area contributed by atoms with Crippen molar-refractivity contribution in [2.45, 2.75) is 57.7 Å². The first-order valence-corrected chi connectivity index (χ1v) is 9.06. The highest BCUT2D eigenvalue weighted by molar-refractivity contribution is 5.66. The summed E-state index contributed by atoms with van der Waals surface area (Å²) in [6.07, 6.45) is 30.1. The lowest BCUT2D eigenvalue weighted by molar-refractivity contribution is -0.136. The van der Waals surface area contributed by atoms with Crippen molar-refractivity contribution in [2.24, 2.45) is 0 Å². The molecule has 1 rings (SSSR count). The Bertz CT molecular complexity index is 535. The number of aliphatic carboxylic acids is 1. The average Bonchev–Trinajstić information content (AvgIpc) is 3.33. The first-order chi connectivity index (χ1) is 12.2. The molecule has 1 aliphatic rings. The van der Waals surface area contributed by atoms with Crippen molar-refractivity contribution in [2.75, 3.05) is 0 Å². The number of ether oxygens (including phenoxy) is 1. The van der Waals surface area contributed by atoms with E-state index in [-0.39, 0.29) is 12.5 Å². The Kier molecular flexibility index (Phi) is 11.9. The summed E-state index contributed by atoms with van der Waals surface area (Å²) in [7, 11) is 0. The van der Waals surface area contributed by atoms with E-state index in [2.05, 4.69) is 43.4 Å². The zero-order valence-corrected chi connectivity index (χ0v) is 15.1. The van der Waals surface area contributed by atoms with Gasteiger partial charge in [0.1, 0.15) is 6.10 Å². The van der Waals surface area contributed by atoms with Crippen molar-refractivity contribution in [3.05, 3.63) is 72.9 Å². The fraction of sp³-hybridized carbons (Fsp3) is 0.409. The molecule has 0 saturated carbocycles. The van der Waals surface area contributed by atoms with E-state index >= 15 is 0 Å². The molecule has 0 aromatic carbocycles. The highest BCUT2D eigenvalue weighted by Gasteiger charge is 2.34. The third-order valence-corrected chi connectivity index (χ3v) is 3.57. The van der Waals surface area contributed by atoms with Crippen LogP contribution in [0.25, 0.3) is 0 Å². The Hall–Kier alpha value is -2.13. The van der Waals surface area contributed by atoms with Gasteiger partial charge in [-0.15, -0.1) is 0 Å². The van der Waals surface area contributed by atoms with E-state index in [4.69, 9.17) is 9.84 Å². The topological polar surface area (TPSA) is 49.8 Å². The molecule has 1 saturated heterocycles. The van der Waals surface area contributed by atoms with Gasteiger partial charge in [-0.1, -0.05) is 79.8 Å². The molecule has 0 spiro atoms. The maximum absolute atomic E-state index is 10.3. The van der Waals surface area contributed by atoms with Crippen LogP contribution in [-0.4, -0.2) is 23.3 Å². The summed E-state index contributed by atoms with van der Waals surface area (Å²) in [5.41, 5.74) is 0. The molecule has 3 nitrogen and oxygen atoms in total. The highest BCUT2D eigenvalue weighted by atomic mass is 16.6. The van der Waals surface area contributed by atoms with Crippen LogP contribution in [0.2, 0.25) is 0 Å². The third-order valence-electron chi connectivity index (χ3n) is 3.57. The fourth-order valence-electron chi connectivity index (χ4n) is 2.14. The van der Waals surface area contributed by atoms with Crippen LogP contribution < -0.4 is 0 Å². The summed E-state index contributed by atoms with van der Waals surface area (Å²) in [6, 6.07) is 0. The molecule has 2 atom stereocenters. The van der Waals surface area contributed by atoms with Crippen molar-refractivity contribution >= 4 is 5.97 Å². The first kappa shape index (κ1) is 20.9. The van der Waals surface area contributed by atoms with Crippen LogP contribution in [-0.2, 0) is 9.53 Å². The van der Waals surface area contributed by atoms with Crippen LogP contribution in [0.1, 0.15) is 45.4 Å². The molecule has 0 radical (unpaired) electrons. The molecule has 0 amide bonds. The van der Waals surface area contributed by atoms with E-state index in [9.17, 15) is 4.79 Å². The standard InChI is InChI=1S/C22H30O3/c1-2-3-14-17-20-21(25-20)18-15-12-10-8-6-4-5-7-9-11-13-16-19-22(23)24/h3,5-8,10-15,18,20-21H,2,4,9,16-17,19H2,1H3,(H,23,24)/t20-,21-/m1/s1. The zero-order valence-electron chi connectivity index (χ0n) is 15.1. The second-order valence-electron chi connectivity index (χ2n) is 5.80. The largest absolute Gasteiger partial charge is 0.481 e. The fourth-order valence-corrected chi connectivity index (χ4v) is 2.14. The molecule has 0 aliphatic carbocycles. The van der Waals surface area contributed by atoms with Crippen molar-refractivity contribution in [1.82, 2.24) is 0 Å². The molecule has 136 valence electrons. The van der Waals surface area contributed by atoms with Gasteiger partial charge >= 0.3 is 5.97 Å². The number of hydrogen-bond acceptors (Lipinski definition) is 2. The molecule has 1 heterocycles. The van der Waals surface area contributed by atoms with Gasteiger partial charge < -0.3 is 9.84 Å². The molecule has 0 aromatic rings. The predicted molar refractivity (Wildman–Crippen MR) is 105 cm³/mol. The maximum Gasteiger partial charge on any atom is 0.303 e. The Labute approximate surface area is 151 Å². The molecule has 3 heteroatoms. The summed E-state index contributed by atoms with van der Waals surface area (Å²) in [5, 5.41) is 8.50. The van der Waals surface area contributed by atoms with Gasteiger partial charge in [0.25, 0.3) is 0 Å². The van der Waals surface area contributed by atoms with Crippen LogP contribution in [0.5, 0.6) is 0 Å². The lowest BCUT2D eigenvalue weighted by Gasteiger charge is -1.86. The van der Waals surface area contributed by atoms with Gasteiger partial charge in [0, 0.05) is 6.42 Å². The summed E-state index contributed by atoms with van der Waals surface area (Å²) in [6.45, 7) is 2.14. The molecule has 1 aliphatic heterocycles. The van der Waals surface area contributed by atoms with E-state index in [1.807, 2.05) is 36.5 Å². The first-order valence-electron chi connectivity index (χ1n) is 9.06. The molecular weight excluding hydrogens is 312 g/mol. The van der Waals surface area contributed by atoms with E-state index in [0.717, 1.165) is 25.7 Å². The van der Waals surface area contributed by atoms with E-state index in [1.165, 1.54) is 0 Å². The summed E-state index contributed by atoms with van der Waals surface area (Å²) in [5.74, 6) is -0.748. The van der Waals surface area contributed by atoms with Gasteiger partial charge in [0.05, 0.1) is 6.10 Å².